The van der Waals surface area contributed by atoms with Crippen LogP contribution in [-0.2, 0) is 27.7 Å². The summed E-state index contributed by atoms with van der Waals surface area (Å²) < 4.78 is 27.0. The van der Waals surface area contributed by atoms with Crippen molar-refractivity contribution in [3.8, 4) is 0 Å². The molecule has 144 valence electrons. The van der Waals surface area contributed by atoms with Crippen LogP contribution in [0.5, 0.6) is 0 Å². The van der Waals surface area contributed by atoms with Gasteiger partial charge in [-0.1, -0.05) is 41.9 Å². The minimum absolute atomic E-state index is 0.00193. The van der Waals surface area contributed by atoms with Gasteiger partial charge in [0.2, 0.25) is 15.9 Å². The number of amides is 1. The minimum atomic E-state index is -3.70. The third kappa shape index (κ3) is 3.76. The molecule has 1 aliphatic carbocycles. The first kappa shape index (κ1) is 18.9. The zero-order chi connectivity index (χ0) is 19.7. The number of hydrogen-bond donors (Lipinski definition) is 2. The Morgan fingerprint density at radius 1 is 1.00 bits per heavy atom. The molecule has 2 N–H and O–H groups in total. The second-order valence-corrected chi connectivity index (χ2v) is 8.97. The molecule has 3 aromatic rings. The van der Waals surface area contributed by atoms with Crippen LogP contribution in [0, 0.1) is 0 Å². The van der Waals surface area contributed by atoms with Gasteiger partial charge in [0.25, 0.3) is 0 Å². The molecule has 0 bridgehead atoms. The molecule has 0 spiro atoms. The van der Waals surface area contributed by atoms with E-state index in [-0.39, 0.29) is 23.8 Å². The Morgan fingerprint density at radius 2 is 1.75 bits per heavy atom. The lowest BCUT2D eigenvalue weighted by atomic mass is 10.0. The highest BCUT2D eigenvalue weighted by molar-refractivity contribution is 7.89. The molecule has 0 radical (unpaired) electrons. The lowest BCUT2D eigenvalue weighted by Gasteiger charge is -2.11. The van der Waals surface area contributed by atoms with Gasteiger partial charge >= 0.3 is 0 Å². The van der Waals surface area contributed by atoms with Gasteiger partial charge in [0, 0.05) is 29.1 Å². The molecule has 7 heteroatoms. The Kier molecular flexibility index (Phi) is 5.10. The van der Waals surface area contributed by atoms with Gasteiger partial charge in [0.05, 0.1) is 4.90 Å². The lowest BCUT2D eigenvalue weighted by Crippen LogP contribution is -2.27. The third-order valence-corrected chi connectivity index (χ3v) is 6.60. The summed E-state index contributed by atoms with van der Waals surface area (Å²) >= 11 is 5.84. The summed E-state index contributed by atoms with van der Waals surface area (Å²) in [6, 6.07) is 16.1. The first-order valence-electron chi connectivity index (χ1n) is 9.02. The minimum Gasteiger partial charge on any atom is -0.325 e. The Balaban J connectivity index is 1.41. The molecule has 0 heterocycles. The van der Waals surface area contributed by atoms with Gasteiger partial charge in [0.1, 0.15) is 0 Å². The van der Waals surface area contributed by atoms with Crippen molar-refractivity contribution in [1.29, 1.82) is 0 Å². The molecule has 28 heavy (non-hydrogen) atoms. The molecular weight excluding hydrogens is 396 g/mol. The van der Waals surface area contributed by atoms with E-state index >= 15 is 0 Å². The molecule has 0 atom stereocenters. The van der Waals surface area contributed by atoms with Crippen LogP contribution in [-0.4, -0.2) is 20.9 Å². The highest BCUT2D eigenvalue weighted by Crippen LogP contribution is 2.35. The number of anilines is 1. The van der Waals surface area contributed by atoms with Crippen molar-refractivity contribution in [2.24, 2.45) is 0 Å². The summed E-state index contributed by atoms with van der Waals surface area (Å²) in [5, 5.41) is 5.50. The second-order valence-electron chi connectivity index (χ2n) is 6.77. The van der Waals surface area contributed by atoms with E-state index in [1.807, 2.05) is 18.2 Å². The van der Waals surface area contributed by atoms with Gasteiger partial charge in [-0.05, 0) is 53.6 Å². The third-order valence-electron chi connectivity index (χ3n) is 4.90. The van der Waals surface area contributed by atoms with Crippen LogP contribution in [0.2, 0.25) is 5.02 Å². The number of carbonyl (C=O) groups excluding carboxylic acids is 1. The molecule has 0 aliphatic heterocycles. The summed E-state index contributed by atoms with van der Waals surface area (Å²) in [6.45, 7) is 0.00193. The van der Waals surface area contributed by atoms with Crippen molar-refractivity contribution >= 4 is 44.0 Å². The van der Waals surface area contributed by atoms with Crippen molar-refractivity contribution < 1.29 is 13.2 Å². The average Bonchev–Trinajstić information content (AvgIpc) is 3.09. The number of sulfonamides is 1. The van der Waals surface area contributed by atoms with E-state index in [0.29, 0.717) is 5.02 Å². The smallest absolute Gasteiger partial charge is 0.240 e. The first-order chi connectivity index (χ1) is 13.4. The van der Waals surface area contributed by atoms with E-state index in [4.69, 9.17) is 11.6 Å². The SMILES string of the molecule is O=C(CCNS(=O)(=O)c1cccc(Cl)c1)Nc1ccc2c3c(cccc13)CC2. The fourth-order valence-corrected chi connectivity index (χ4v) is 4.92. The molecule has 0 fully saturated rings. The predicted molar refractivity (Wildman–Crippen MR) is 111 cm³/mol. The number of hydrogen-bond acceptors (Lipinski definition) is 3. The van der Waals surface area contributed by atoms with Crippen LogP contribution in [0.4, 0.5) is 5.69 Å². The fourth-order valence-electron chi connectivity index (χ4n) is 3.58. The summed E-state index contributed by atoms with van der Waals surface area (Å²) in [5.41, 5.74) is 3.36. The van der Waals surface area contributed by atoms with Crippen molar-refractivity contribution in [2.45, 2.75) is 24.2 Å². The number of rotatable bonds is 6. The largest absolute Gasteiger partial charge is 0.325 e. The van der Waals surface area contributed by atoms with Crippen LogP contribution < -0.4 is 10.0 Å². The fraction of sp³-hybridized carbons (Fsp3) is 0.190. The van der Waals surface area contributed by atoms with Crippen LogP contribution in [0.3, 0.4) is 0 Å². The van der Waals surface area contributed by atoms with Crippen LogP contribution >= 0.6 is 11.6 Å². The molecule has 0 saturated heterocycles. The average molecular weight is 415 g/mol. The molecule has 1 amide bonds. The molecule has 0 unspecified atom stereocenters. The summed E-state index contributed by atoms with van der Waals surface area (Å²) in [5.74, 6) is -0.243. The topological polar surface area (TPSA) is 75.3 Å². The monoisotopic (exact) mass is 414 g/mol. The number of aryl methyl sites for hydroxylation is 2. The zero-order valence-electron chi connectivity index (χ0n) is 15.0. The predicted octanol–water partition coefficient (Wildman–Crippen LogP) is 3.90. The van der Waals surface area contributed by atoms with Gasteiger partial charge in [-0.3, -0.25) is 4.79 Å². The van der Waals surface area contributed by atoms with Crippen LogP contribution in [0.1, 0.15) is 17.5 Å². The van der Waals surface area contributed by atoms with E-state index in [1.54, 1.807) is 12.1 Å². The maximum absolute atomic E-state index is 12.4. The summed E-state index contributed by atoms with van der Waals surface area (Å²) in [4.78, 5) is 12.4. The number of carbonyl (C=O) groups is 1. The van der Waals surface area contributed by atoms with Gasteiger partial charge in [-0.25, -0.2) is 13.1 Å². The molecule has 4 rings (SSSR count). The maximum Gasteiger partial charge on any atom is 0.240 e. The Labute approximate surface area is 168 Å². The van der Waals surface area contributed by atoms with E-state index < -0.39 is 10.0 Å². The van der Waals surface area contributed by atoms with Crippen molar-refractivity contribution in [3.05, 3.63) is 70.7 Å². The molecule has 5 nitrogen and oxygen atoms in total. The summed E-state index contributed by atoms with van der Waals surface area (Å²) in [7, 11) is -3.70. The molecule has 0 saturated carbocycles. The second kappa shape index (κ2) is 7.54. The molecule has 1 aliphatic rings. The lowest BCUT2D eigenvalue weighted by molar-refractivity contribution is -0.116. The normalized spacial score (nSPS) is 13.0. The Morgan fingerprint density at radius 3 is 2.54 bits per heavy atom. The zero-order valence-corrected chi connectivity index (χ0v) is 16.6. The Bertz CT molecular complexity index is 1170. The van der Waals surface area contributed by atoms with E-state index in [9.17, 15) is 13.2 Å². The number of halogens is 1. The first-order valence-corrected chi connectivity index (χ1v) is 10.9. The van der Waals surface area contributed by atoms with E-state index in [0.717, 1.165) is 23.9 Å². The number of benzene rings is 3. The molecule has 3 aromatic carbocycles. The van der Waals surface area contributed by atoms with Crippen LogP contribution in [0.25, 0.3) is 10.8 Å². The number of nitrogens with one attached hydrogen (secondary N) is 2. The van der Waals surface area contributed by atoms with Gasteiger partial charge in [-0.2, -0.15) is 0 Å². The van der Waals surface area contributed by atoms with Crippen molar-refractivity contribution in [1.82, 2.24) is 4.72 Å². The van der Waals surface area contributed by atoms with Gasteiger partial charge in [-0.15, -0.1) is 0 Å². The summed E-state index contributed by atoms with van der Waals surface area (Å²) in [6.07, 6.45) is 2.08. The van der Waals surface area contributed by atoms with Gasteiger partial charge in [0.15, 0.2) is 0 Å². The van der Waals surface area contributed by atoms with Crippen molar-refractivity contribution in [2.75, 3.05) is 11.9 Å². The molecule has 0 aromatic heterocycles. The standard InChI is InChI=1S/C21H19ClN2O3S/c22-16-4-2-5-17(13-16)28(26,27)23-12-11-20(25)24-19-10-9-15-8-7-14-3-1-6-18(19)21(14)15/h1-6,9-10,13,23H,7-8,11-12H2,(H,24,25). The van der Waals surface area contributed by atoms with Gasteiger partial charge < -0.3 is 5.32 Å². The highest BCUT2D eigenvalue weighted by Gasteiger charge is 2.17. The van der Waals surface area contributed by atoms with Crippen LogP contribution in [0.15, 0.2) is 59.5 Å². The van der Waals surface area contributed by atoms with E-state index in [2.05, 4.69) is 22.2 Å². The Hall–Kier alpha value is -2.41. The van der Waals surface area contributed by atoms with Crippen molar-refractivity contribution in [3.63, 3.8) is 0 Å². The highest BCUT2D eigenvalue weighted by atomic mass is 35.5. The molecular formula is C21H19ClN2O3S. The maximum atomic E-state index is 12.4. The quantitative estimate of drug-likeness (QED) is 0.642. The van der Waals surface area contributed by atoms with E-state index in [1.165, 1.54) is 28.6 Å².